The van der Waals surface area contributed by atoms with Gasteiger partial charge in [-0.25, -0.2) is 0 Å². The first-order valence-corrected chi connectivity index (χ1v) is 8.33. The molecule has 8 heteroatoms. The molecular weight excluding hydrogens is 349 g/mol. The minimum atomic E-state index is -4.42. The molecule has 1 fully saturated rings. The van der Waals surface area contributed by atoms with Crippen LogP contribution in [0.25, 0.3) is 0 Å². The maximum absolute atomic E-state index is 12.8. The van der Waals surface area contributed by atoms with Gasteiger partial charge in [0.15, 0.2) is 0 Å². The average molecular weight is 367 g/mol. The molecule has 1 aromatic rings. The molecule has 118 valence electrons. The predicted molar refractivity (Wildman–Crippen MR) is 75.0 cm³/mol. The van der Waals surface area contributed by atoms with Gasteiger partial charge in [-0.15, -0.1) is 10.2 Å². The summed E-state index contributed by atoms with van der Waals surface area (Å²) in [7, 11) is 0. The van der Waals surface area contributed by atoms with Crippen molar-refractivity contribution >= 4 is 15.9 Å². The maximum atomic E-state index is 12.8. The van der Waals surface area contributed by atoms with Crippen LogP contribution >= 0.6 is 15.9 Å². The van der Waals surface area contributed by atoms with Crippen LogP contribution in [0.3, 0.4) is 0 Å². The van der Waals surface area contributed by atoms with E-state index in [-0.39, 0.29) is 5.41 Å². The third-order valence-corrected chi connectivity index (χ3v) is 5.78. The summed E-state index contributed by atoms with van der Waals surface area (Å²) in [5, 5.41) is 8.02. The zero-order valence-electron chi connectivity index (χ0n) is 11.7. The third-order valence-electron chi connectivity index (χ3n) is 4.59. The summed E-state index contributed by atoms with van der Waals surface area (Å²) in [6, 6.07) is 0. The van der Waals surface area contributed by atoms with Crippen molar-refractivity contribution in [1.82, 2.24) is 19.7 Å². The molecule has 21 heavy (non-hydrogen) atoms. The standard InChI is InChI=1S/C13H18BrF3N4/c14-8-12(3-1-2-4-12)9-20-5-6-21-10(7-20)18-19-11(21)13(15,16)17/h1-9H2. The van der Waals surface area contributed by atoms with Crippen LogP contribution in [0.15, 0.2) is 0 Å². The first kappa shape index (κ1) is 15.3. The molecule has 1 aliphatic carbocycles. The van der Waals surface area contributed by atoms with Crippen LogP contribution < -0.4 is 0 Å². The van der Waals surface area contributed by atoms with Gasteiger partial charge in [-0.05, 0) is 18.3 Å². The second-order valence-corrected chi connectivity index (χ2v) is 6.70. The van der Waals surface area contributed by atoms with Gasteiger partial charge < -0.3 is 4.57 Å². The van der Waals surface area contributed by atoms with E-state index in [1.165, 1.54) is 30.3 Å². The second kappa shape index (κ2) is 5.53. The lowest BCUT2D eigenvalue weighted by Gasteiger charge is -2.36. The smallest absolute Gasteiger partial charge is 0.305 e. The first-order chi connectivity index (χ1) is 9.93. The van der Waals surface area contributed by atoms with E-state index in [9.17, 15) is 13.2 Å². The lowest BCUT2D eigenvalue weighted by molar-refractivity contribution is -0.148. The fraction of sp³-hybridized carbons (Fsp3) is 0.846. The molecule has 1 aliphatic heterocycles. The summed E-state index contributed by atoms with van der Waals surface area (Å²) in [6.07, 6.45) is 0.447. The van der Waals surface area contributed by atoms with E-state index < -0.39 is 12.0 Å². The second-order valence-electron chi connectivity index (χ2n) is 6.14. The number of rotatable bonds is 3. The molecule has 1 aromatic heterocycles. The number of aromatic nitrogens is 3. The molecule has 2 aliphatic rings. The van der Waals surface area contributed by atoms with Crippen molar-refractivity contribution in [3.05, 3.63) is 11.6 Å². The summed E-state index contributed by atoms with van der Waals surface area (Å²) in [5.74, 6) is -0.440. The summed E-state index contributed by atoms with van der Waals surface area (Å²) >= 11 is 3.61. The van der Waals surface area contributed by atoms with Crippen LogP contribution in [-0.2, 0) is 19.3 Å². The highest BCUT2D eigenvalue weighted by molar-refractivity contribution is 9.09. The van der Waals surface area contributed by atoms with Gasteiger partial charge in [-0.3, -0.25) is 4.90 Å². The molecule has 0 N–H and O–H groups in total. The Balaban J connectivity index is 1.72. The zero-order valence-corrected chi connectivity index (χ0v) is 13.3. The molecule has 0 unspecified atom stereocenters. The molecule has 0 atom stereocenters. The lowest BCUT2D eigenvalue weighted by Crippen LogP contribution is -2.42. The third kappa shape index (κ3) is 2.97. The average Bonchev–Trinajstić information content (AvgIpc) is 3.04. The lowest BCUT2D eigenvalue weighted by atomic mass is 9.88. The van der Waals surface area contributed by atoms with E-state index in [4.69, 9.17) is 0 Å². The molecule has 0 aromatic carbocycles. The van der Waals surface area contributed by atoms with Crippen LogP contribution in [0, 0.1) is 5.41 Å². The number of hydrogen-bond acceptors (Lipinski definition) is 3. The number of fused-ring (bicyclic) bond motifs is 1. The van der Waals surface area contributed by atoms with Crippen LogP contribution in [0.5, 0.6) is 0 Å². The molecular formula is C13H18BrF3N4. The van der Waals surface area contributed by atoms with E-state index >= 15 is 0 Å². The number of nitrogens with zero attached hydrogens (tertiary/aromatic N) is 4. The van der Waals surface area contributed by atoms with Crippen molar-refractivity contribution in [2.75, 3.05) is 18.4 Å². The summed E-state index contributed by atoms with van der Waals surface area (Å²) < 4.78 is 39.6. The van der Waals surface area contributed by atoms with E-state index in [0.29, 0.717) is 25.5 Å². The monoisotopic (exact) mass is 366 g/mol. The number of alkyl halides is 4. The fourth-order valence-electron chi connectivity index (χ4n) is 3.49. The SMILES string of the molecule is FC(F)(F)c1nnc2n1CCN(CC1(CBr)CCCC1)C2. The molecule has 2 heterocycles. The van der Waals surface area contributed by atoms with Crippen LogP contribution in [-0.4, -0.2) is 38.1 Å². The van der Waals surface area contributed by atoms with Gasteiger partial charge in [0, 0.05) is 25.0 Å². The van der Waals surface area contributed by atoms with Crippen LogP contribution in [0.4, 0.5) is 13.2 Å². The Labute approximate surface area is 129 Å². The van der Waals surface area contributed by atoms with Gasteiger partial charge in [0.05, 0.1) is 6.54 Å². The Morgan fingerprint density at radius 2 is 1.86 bits per heavy atom. The molecule has 0 radical (unpaired) electrons. The summed E-state index contributed by atoms with van der Waals surface area (Å²) in [4.78, 5) is 2.22. The largest absolute Gasteiger partial charge is 0.451 e. The van der Waals surface area contributed by atoms with Crippen molar-refractivity contribution in [3.63, 3.8) is 0 Å². The van der Waals surface area contributed by atoms with Crippen LogP contribution in [0.2, 0.25) is 0 Å². The topological polar surface area (TPSA) is 34.0 Å². The Bertz CT molecular complexity index is 508. The number of hydrogen-bond donors (Lipinski definition) is 0. The van der Waals surface area contributed by atoms with E-state index in [0.717, 1.165) is 11.9 Å². The number of halogens is 4. The van der Waals surface area contributed by atoms with E-state index in [2.05, 4.69) is 31.0 Å². The van der Waals surface area contributed by atoms with E-state index in [1.54, 1.807) is 0 Å². The van der Waals surface area contributed by atoms with Gasteiger partial charge >= 0.3 is 6.18 Å². The molecule has 1 saturated carbocycles. The van der Waals surface area contributed by atoms with Gasteiger partial charge in [0.1, 0.15) is 5.82 Å². The normalized spacial score (nSPS) is 22.5. The molecule has 3 rings (SSSR count). The van der Waals surface area contributed by atoms with E-state index in [1.807, 2.05) is 0 Å². The molecule has 0 amide bonds. The van der Waals surface area contributed by atoms with Gasteiger partial charge in [0.25, 0.3) is 0 Å². The Hall–Kier alpha value is -0.630. The van der Waals surface area contributed by atoms with Crippen LogP contribution in [0.1, 0.15) is 37.3 Å². The highest BCUT2D eigenvalue weighted by Crippen LogP contribution is 2.41. The highest BCUT2D eigenvalue weighted by atomic mass is 79.9. The van der Waals surface area contributed by atoms with Crippen molar-refractivity contribution in [3.8, 4) is 0 Å². The Morgan fingerprint density at radius 3 is 2.48 bits per heavy atom. The van der Waals surface area contributed by atoms with Gasteiger partial charge in [0.2, 0.25) is 5.82 Å². The Morgan fingerprint density at radius 1 is 1.14 bits per heavy atom. The minimum absolute atomic E-state index is 0.273. The van der Waals surface area contributed by atoms with Crippen molar-refractivity contribution in [2.45, 2.75) is 44.9 Å². The van der Waals surface area contributed by atoms with Gasteiger partial charge in [-0.1, -0.05) is 28.8 Å². The quantitative estimate of drug-likeness (QED) is 0.771. The predicted octanol–water partition coefficient (Wildman–Crippen LogP) is 3.07. The molecule has 0 spiro atoms. The summed E-state index contributed by atoms with van der Waals surface area (Å²) in [6.45, 7) is 2.32. The van der Waals surface area contributed by atoms with Gasteiger partial charge in [-0.2, -0.15) is 13.2 Å². The maximum Gasteiger partial charge on any atom is 0.451 e. The molecule has 0 saturated heterocycles. The summed E-state index contributed by atoms with van der Waals surface area (Å²) in [5.41, 5.74) is 0.273. The minimum Gasteiger partial charge on any atom is -0.305 e. The fourth-order valence-corrected chi connectivity index (χ4v) is 4.22. The molecule has 0 bridgehead atoms. The molecule has 4 nitrogen and oxygen atoms in total. The van der Waals surface area contributed by atoms with Crippen molar-refractivity contribution < 1.29 is 13.2 Å². The zero-order chi connectivity index (χ0) is 15.1. The Kier molecular flexibility index (Phi) is 4.02. The van der Waals surface area contributed by atoms with Crippen molar-refractivity contribution in [1.29, 1.82) is 0 Å². The highest BCUT2D eigenvalue weighted by Gasteiger charge is 2.40. The first-order valence-electron chi connectivity index (χ1n) is 7.21. The van der Waals surface area contributed by atoms with Crippen molar-refractivity contribution in [2.24, 2.45) is 5.41 Å².